The average Bonchev–Trinajstić information content (AvgIpc) is 3.06. The van der Waals surface area contributed by atoms with Crippen LogP contribution >= 0.6 is 0 Å². The third-order valence-electron chi connectivity index (χ3n) is 5.28. The number of carbonyl (C=O) groups excluding carboxylic acids is 2. The molecule has 0 aliphatic carbocycles. The van der Waals surface area contributed by atoms with E-state index < -0.39 is 0 Å². The van der Waals surface area contributed by atoms with Crippen molar-refractivity contribution in [2.75, 3.05) is 45.9 Å². The lowest BCUT2D eigenvalue weighted by Gasteiger charge is -2.28. The Morgan fingerprint density at radius 3 is 2.68 bits per heavy atom. The Hall–Kier alpha value is -2.28. The van der Waals surface area contributed by atoms with E-state index >= 15 is 0 Å². The molecule has 0 bridgehead atoms. The SMILES string of the molecule is CCNC(=O)CN(CC)CC(=O)N1CCC[C@H]1c1ccc2c(c1)OCCCO2. The smallest absolute Gasteiger partial charge is 0.237 e. The Labute approximate surface area is 167 Å². The van der Waals surface area contributed by atoms with Gasteiger partial charge in [-0.2, -0.15) is 0 Å². The average molecular weight is 389 g/mol. The van der Waals surface area contributed by atoms with Gasteiger partial charge < -0.3 is 19.7 Å². The molecule has 0 spiro atoms. The number of nitrogens with one attached hydrogen (secondary N) is 1. The van der Waals surface area contributed by atoms with Gasteiger partial charge in [0.1, 0.15) is 0 Å². The van der Waals surface area contributed by atoms with E-state index in [1.165, 1.54) is 0 Å². The Morgan fingerprint density at radius 1 is 1.14 bits per heavy atom. The van der Waals surface area contributed by atoms with Crippen molar-refractivity contribution in [3.8, 4) is 11.5 Å². The second-order valence-corrected chi connectivity index (χ2v) is 7.26. The Kier molecular flexibility index (Phi) is 7.14. The molecule has 2 amide bonds. The fraction of sp³-hybridized carbons (Fsp3) is 0.619. The molecule has 3 rings (SSSR count). The van der Waals surface area contributed by atoms with Gasteiger partial charge in [0.25, 0.3) is 0 Å². The standard InChI is InChI=1S/C21H31N3O4/c1-3-22-20(25)14-23(4-2)15-21(26)24-10-5-7-17(24)16-8-9-18-19(13-16)28-12-6-11-27-18/h8-9,13,17H,3-7,10-12,14-15H2,1-2H3,(H,22,25)/t17-/m0/s1. The highest BCUT2D eigenvalue weighted by Gasteiger charge is 2.31. The first-order valence-electron chi connectivity index (χ1n) is 10.3. The number of nitrogens with zero attached hydrogens (tertiary/aromatic N) is 2. The van der Waals surface area contributed by atoms with E-state index in [1.54, 1.807) is 0 Å². The first-order chi connectivity index (χ1) is 13.6. The number of hydrogen-bond donors (Lipinski definition) is 1. The van der Waals surface area contributed by atoms with Gasteiger partial charge in [-0.3, -0.25) is 14.5 Å². The molecule has 1 aromatic rings. The van der Waals surface area contributed by atoms with Crippen molar-refractivity contribution in [2.24, 2.45) is 0 Å². The van der Waals surface area contributed by atoms with Crippen molar-refractivity contribution in [1.82, 2.24) is 15.1 Å². The first kappa shape index (κ1) is 20.5. The van der Waals surface area contributed by atoms with Crippen LogP contribution in [0.25, 0.3) is 0 Å². The zero-order valence-electron chi connectivity index (χ0n) is 16.9. The van der Waals surface area contributed by atoms with Crippen LogP contribution in [0.15, 0.2) is 18.2 Å². The number of likely N-dealkylation sites (tertiary alicyclic amines) is 1. The lowest BCUT2D eigenvalue weighted by molar-refractivity contribution is -0.134. The van der Waals surface area contributed by atoms with E-state index in [0.717, 1.165) is 42.9 Å². The van der Waals surface area contributed by atoms with Crippen molar-refractivity contribution in [2.45, 2.75) is 39.2 Å². The summed E-state index contributed by atoms with van der Waals surface area (Å²) in [5, 5.41) is 2.79. The van der Waals surface area contributed by atoms with Crippen LogP contribution in [-0.2, 0) is 9.59 Å². The first-order valence-corrected chi connectivity index (χ1v) is 10.3. The zero-order chi connectivity index (χ0) is 19.9. The van der Waals surface area contributed by atoms with E-state index in [9.17, 15) is 9.59 Å². The fourth-order valence-corrected chi connectivity index (χ4v) is 3.82. The van der Waals surface area contributed by atoms with Gasteiger partial charge in [-0.1, -0.05) is 13.0 Å². The summed E-state index contributed by atoms with van der Waals surface area (Å²) in [5.41, 5.74) is 1.09. The number of hydrogen-bond acceptors (Lipinski definition) is 5. The van der Waals surface area contributed by atoms with Gasteiger partial charge in [0.2, 0.25) is 11.8 Å². The summed E-state index contributed by atoms with van der Waals surface area (Å²) in [4.78, 5) is 28.7. The molecule has 1 N–H and O–H groups in total. The monoisotopic (exact) mass is 389 g/mol. The molecular formula is C21H31N3O4. The lowest BCUT2D eigenvalue weighted by Crippen LogP contribution is -2.44. The van der Waals surface area contributed by atoms with Crippen LogP contribution in [0.1, 0.15) is 44.7 Å². The number of ether oxygens (including phenoxy) is 2. The second-order valence-electron chi connectivity index (χ2n) is 7.26. The van der Waals surface area contributed by atoms with E-state index in [4.69, 9.17) is 9.47 Å². The van der Waals surface area contributed by atoms with E-state index in [1.807, 2.05) is 41.8 Å². The molecule has 7 heteroatoms. The summed E-state index contributed by atoms with van der Waals surface area (Å²) in [5.74, 6) is 1.57. The molecule has 1 fully saturated rings. The topological polar surface area (TPSA) is 71.1 Å². The summed E-state index contributed by atoms with van der Waals surface area (Å²) in [6, 6.07) is 6.05. The van der Waals surface area contributed by atoms with Crippen LogP contribution in [0.4, 0.5) is 0 Å². The van der Waals surface area contributed by atoms with Crippen LogP contribution in [0.5, 0.6) is 11.5 Å². The Balaban J connectivity index is 1.67. The zero-order valence-corrected chi connectivity index (χ0v) is 16.9. The molecule has 0 aromatic heterocycles. The minimum Gasteiger partial charge on any atom is -0.490 e. The van der Waals surface area contributed by atoms with Gasteiger partial charge in [0.05, 0.1) is 32.3 Å². The highest BCUT2D eigenvalue weighted by Crippen LogP contribution is 2.37. The third-order valence-corrected chi connectivity index (χ3v) is 5.28. The van der Waals surface area contributed by atoms with Gasteiger partial charge >= 0.3 is 0 Å². The number of fused-ring (bicyclic) bond motifs is 1. The molecule has 0 unspecified atom stereocenters. The van der Waals surface area contributed by atoms with E-state index in [2.05, 4.69) is 5.32 Å². The fourth-order valence-electron chi connectivity index (χ4n) is 3.82. The quantitative estimate of drug-likeness (QED) is 0.772. The largest absolute Gasteiger partial charge is 0.490 e. The molecule has 2 aliphatic rings. The van der Waals surface area contributed by atoms with Crippen LogP contribution in [0.3, 0.4) is 0 Å². The number of carbonyl (C=O) groups is 2. The highest BCUT2D eigenvalue weighted by atomic mass is 16.5. The van der Waals surface area contributed by atoms with Crippen LogP contribution in [0.2, 0.25) is 0 Å². The molecule has 0 radical (unpaired) electrons. The number of likely N-dealkylation sites (N-methyl/N-ethyl adjacent to an activating group) is 2. The van der Waals surface area contributed by atoms with Crippen molar-refractivity contribution >= 4 is 11.8 Å². The minimum absolute atomic E-state index is 0.0435. The highest BCUT2D eigenvalue weighted by molar-refractivity contribution is 5.81. The van der Waals surface area contributed by atoms with Crippen molar-refractivity contribution in [1.29, 1.82) is 0 Å². The summed E-state index contributed by atoms with van der Waals surface area (Å²) in [7, 11) is 0. The second kappa shape index (κ2) is 9.78. The molecule has 1 saturated heterocycles. The minimum atomic E-state index is -0.0435. The van der Waals surface area contributed by atoms with E-state index in [-0.39, 0.29) is 30.9 Å². The van der Waals surface area contributed by atoms with Gasteiger partial charge in [-0.05, 0) is 44.0 Å². The molecule has 28 heavy (non-hydrogen) atoms. The maximum atomic E-state index is 13.0. The van der Waals surface area contributed by atoms with Crippen LogP contribution in [-0.4, -0.2) is 67.6 Å². The molecule has 1 aromatic carbocycles. The third kappa shape index (κ3) is 4.95. The summed E-state index contributed by atoms with van der Waals surface area (Å²) < 4.78 is 11.5. The molecular weight excluding hydrogens is 358 g/mol. The van der Waals surface area contributed by atoms with Crippen molar-refractivity contribution in [3.05, 3.63) is 23.8 Å². The van der Waals surface area contributed by atoms with Crippen LogP contribution in [0, 0.1) is 0 Å². The van der Waals surface area contributed by atoms with Gasteiger partial charge in [0.15, 0.2) is 11.5 Å². The maximum Gasteiger partial charge on any atom is 0.237 e. The Morgan fingerprint density at radius 2 is 1.93 bits per heavy atom. The predicted octanol–water partition coefficient (Wildman–Crippen LogP) is 1.97. The Bertz CT molecular complexity index is 694. The van der Waals surface area contributed by atoms with Gasteiger partial charge in [-0.25, -0.2) is 0 Å². The molecule has 2 heterocycles. The molecule has 1 atom stereocenters. The van der Waals surface area contributed by atoms with Gasteiger partial charge in [0, 0.05) is 19.5 Å². The van der Waals surface area contributed by atoms with Gasteiger partial charge in [-0.15, -0.1) is 0 Å². The summed E-state index contributed by atoms with van der Waals surface area (Å²) in [6.45, 7) is 7.69. The summed E-state index contributed by atoms with van der Waals surface area (Å²) >= 11 is 0. The number of rotatable bonds is 7. The maximum absolute atomic E-state index is 13.0. The van der Waals surface area contributed by atoms with E-state index in [0.29, 0.717) is 26.3 Å². The van der Waals surface area contributed by atoms with Crippen molar-refractivity contribution in [3.63, 3.8) is 0 Å². The summed E-state index contributed by atoms with van der Waals surface area (Å²) in [6.07, 6.45) is 2.79. The van der Waals surface area contributed by atoms with Crippen molar-refractivity contribution < 1.29 is 19.1 Å². The lowest BCUT2D eigenvalue weighted by atomic mass is 10.0. The normalized spacial score (nSPS) is 18.8. The van der Waals surface area contributed by atoms with Crippen LogP contribution < -0.4 is 14.8 Å². The number of benzene rings is 1. The number of amides is 2. The molecule has 154 valence electrons. The predicted molar refractivity (Wildman–Crippen MR) is 107 cm³/mol. The molecule has 7 nitrogen and oxygen atoms in total. The molecule has 2 aliphatic heterocycles. The molecule has 0 saturated carbocycles.